The van der Waals surface area contributed by atoms with E-state index in [0.29, 0.717) is 0 Å². The summed E-state index contributed by atoms with van der Waals surface area (Å²) >= 11 is 7.02. The molecule has 0 saturated heterocycles. The summed E-state index contributed by atoms with van der Waals surface area (Å²) in [4.78, 5) is 0. The zero-order valence-corrected chi connectivity index (χ0v) is 17.9. The van der Waals surface area contributed by atoms with Crippen molar-refractivity contribution in [2.24, 2.45) is 5.10 Å². The minimum atomic E-state index is 0.149. The van der Waals surface area contributed by atoms with Crippen LogP contribution in [0, 0.1) is 0 Å². The van der Waals surface area contributed by atoms with Crippen molar-refractivity contribution in [3.63, 3.8) is 0 Å². The van der Waals surface area contributed by atoms with Crippen LogP contribution in [-0.4, -0.2) is 12.8 Å². The van der Waals surface area contributed by atoms with Crippen LogP contribution < -0.4 is 9.75 Å². The van der Waals surface area contributed by atoms with E-state index in [1.807, 2.05) is 24.3 Å². The van der Waals surface area contributed by atoms with Crippen molar-refractivity contribution in [3.8, 4) is 5.75 Å². The van der Waals surface area contributed by atoms with Gasteiger partial charge in [-0.1, -0.05) is 56.1 Å². The highest BCUT2D eigenvalue weighted by Crippen LogP contribution is 2.37. The third kappa shape index (κ3) is 3.94. The van der Waals surface area contributed by atoms with Crippen LogP contribution in [0.15, 0.2) is 86.8 Å². The number of methoxy groups -OCH3 is 1. The van der Waals surface area contributed by atoms with Crippen molar-refractivity contribution in [1.29, 1.82) is 0 Å². The lowest BCUT2D eigenvalue weighted by Gasteiger charge is -2.24. The SMILES string of the molecule is COc1ccc(C2CC(c3ccc(Br)cc3)=NN2c2ccc(Br)cc2)cc1. The van der Waals surface area contributed by atoms with Crippen molar-refractivity contribution in [3.05, 3.63) is 92.9 Å². The lowest BCUT2D eigenvalue weighted by Crippen LogP contribution is -2.18. The van der Waals surface area contributed by atoms with E-state index in [1.165, 1.54) is 5.56 Å². The molecule has 0 amide bonds. The molecule has 0 aliphatic carbocycles. The highest BCUT2D eigenvalue weighted by atomic mass is 79.9. The molecule has 1 unspecified atom stereocenters. The first-order valence-electron chi connectivity index (χ1n) is 8.66. The summed E-state index contributed by atoms with van der Waals surface area (Å²) < 4.78 is 7.44. The molecule has 0 N–H and O–H groups in total. The predicted octanol–water partition coefficient (Wildman–Crippen LogP) is 6.58. The van der Waals surface area contributed by atoms with Gasteiger partial charge in [0.25, 0.3) is 0 Å². The lowest BCUT2D eigenvalue weighted by atomic mass is 9.98. The number of benzene rings is 3. The Morgan fingerprint density at radius 1 is 0.852 bits per heavy atom. The van der Waals surface area contributed by atoms with Gasteiger partial charge in [-0.15, -0.1) is 0 Å². The minimum absolute atomic E-state index is 0.149. The van der Waals surface area contributed by atoms with Crippen LogP contribution in [0.5, 0.6) is 5.75 Å². The standard InChI is InChI=1S/C22H18Br2N2O/c1-27-20-12-4-16(5-13-20)22-14-21(15-2-6-17(23)7-3-15)25-26(22)19-10-8-18(24)9-11-19/h2-13,22H,14H2,1H3. The molecule has 3 nitrogen and oxygen atoms in total. The molecule has 0 aromatic heterocycles. The number of anilines is 1. The Kier molecular flexibility index (Phi) is 5.32. The molecule has 0 spiro atoms. The molecule has 0 bridgehead atoms. The van der Waals surface area contributed by atoms with E-state index < -0.39 is 0 Å². The Morgan fingerprint density at radius 2 is 1.44 bits per heavy atom. The molecule has 1 atom stereocenters. The maximum absolute atomic E-state index is 5.31. The Balaban J connectivity index is 1.72. The third-order valence-electron chi connectivity index (χ3n) is 4.68. The molecule has 4 rings (SSSR count). The van der Waals surface area contributed by atoms with Gasteiger partial charge < -0.3 is 4.74 Å². The molecule has 3 aromatic carbocycles. The van der Waals surface area contributed by atoms with E-state index in [9.17, 15) is 0 Å². The Bertz CT molecular complexity index is 951. The van der Waals surface area contributed by atoms with Gasteiger partial charge in [0.1, 0.15) is 5.75 Å². The van der Waals surface area contributed by atoms with Gasteiger partial charge in [-0.2, -0.15) is 5.10 Å². The van der Waals surface area contributed by atoms with Gasteiger partial charge in [-0.3, -0.25) is 5.01 Å². The second-order valence-electron chi connectivity index (χ2n) is 6.37. The zero-order chi connectivity index (χ0) is 18.8. The van der Waals surface area contributed by atoms with Gasteiger partial charge in [0.05, 0.1) is 24.6 Å². The summed E-state index contributed by atoms with van der Waals surface area (Å²) in [5.74, 6) is 0.862. The number of hydrogen-bond donors (Lipinski definition) is 0. The maximum Gasteiger partial charge on any atom is 0.118 e. The summed E-state index contributed by atoms with van der Waals surface area (Å²) in [6.45, 7) is 0. The van der Waals surface area contributed by atoms with Crippen molar-refractivity contribution in [1.82, 2.24) is 0 Å². The van der Waals surface area contributed by atoms with E-state index in [2.05, 4.69) is 85.4 Å². The molecule has 0 radical (unpaired) electrons. The molecule has 0 saturated carbocycles. The van der Waals surface area contributed by atoms with Crippen LogP contribution in [0.3, 0.4) is 0 Å². The number of halogens is 2. The zero-order valence-electron chi connectivity index (χ0n) is 14.8. The highest BCUT2D eigenvalue weighted by Gasteiger charge is 2.29. The molecule has 1 heterocycles. The normalized spacial score (nSPS) is 16.3. The lowest BCUT2D eigenvalue weighted by molar-refractivity contribution is 0.414. The smallest absolute Gasteiger partial charge is 0.118 e. The summed E-state index contributed by atoms with van der Waals surface area (Å²) in [7, 11) is 1.69. The summed E-state index contributed by atoms with van der Waals surface area (Å²) in [5, 5.41) is 7.09. The van der Waals surface area contributed by atoms with Gasteiger partial charge in [0.15, 0.2) is 0 Å². The second-order valence-corrected chi connectivity index (χ2v) is 8.20. The fraction of sp³-hybridized carbons (Fsp3) is 0.136. The van der Waals surface area contributed by atoms with Crippen LogP contribution in [0.2, 0.25) is 0 Å². The Hall–Kier alpha value is -2.11. The summed E-state index contributed by atoms with van der Waals surface area (Å²) in [6.07, 6.45) is 0.851. The van der Waals surface area contributed by atoms with E-state index in [-0.39, 0.29) is 6.04 Å². The van der Waals surface area contributed by atoms with Crippen LogP contribution in [-0.2, 0) is 0 Å². The van der Waals surface area contributed by atoms with Crippen LogP contribution >= 0.6 is 31.9 Å². The predicted molar refractivity (Wildman–Crippen MR) is 118 cm³/mol. The monoisotopic (exact) mass is 484 g/mol. The van der Waals surface area contributed by atoms with E-state index in [0.717, 1.165) is 38.1 Å². The molecule has 0 fully saturated rings. The quantitative estimate of drug-likeness (QED) is 0.417. The van der Waals surface area contributed by atoms with Crippen molar-refractivity contribution >= 4 is 43.3 Å². The topological polar surface area (TPSA) is 24.8 Å². The Labute approximate surface area is 175 Å². The van der Waals surface area contributed by atoms with E-state index in [4.69, 9.17) is 9.84 Å². The minimum Gasteiger partial charge on any atom is -0.497 e. The van der Waals surface area contributed by atoms with Crippen LogP contribution in [0.1, 0.15) is 23.6 Å². The fourth-order valence-corrected chi connectivity index (χ4v) is 3.77. The molecular weight excluding hydrogens is 468 g/mol. The van der Waals surface area contributed by atoms with E-state index >= 15 is 0 Å². The first-order chi connectivity index (χ1) is 13.1. The molecule has 27 heavy (non-hydrogen) atoms. The fourth-order valence-electron chi connectivity index (χ4n) is 3.24. The third-order valence-corrected chi connectivity index (χ3v) is 5.74. The number of hydrazone groups is 1. The molecule has 136 valence electrons. The van der Waals surface area contributed by atoms with Gasteiger partial charge >= 0.3 is 0 Å². The van der Waals surface area contributed by atoms with Gasteiger partial charge in [0, 0.05) is 15.4 Å². The van der Waals surface area contributed by atoms with Gasteiger partial charge in [-0.25, -0.2) is 0 Å². The highest BCUT2D eigenvalue weighted by molar-refractivity contribution is 9.10. The molecule has 1 aliphatic rings. The van der Waals surface area contributed by atoms with Crippen molar-refractivity contribution < 1.29 is 4.74 Å². The van der Waals surface area contributed by atoms with Crippen molar-refractivity contribution in [2.45, 2.75) is 12.5 Å². The number of rotatable bonds is 4. The molecule has 3 aromatic rings. The van der Waals surface area contributed by atoms with Crippen LogP contribution in [0.4, 0.5) is 5.69 Å². The largest absolute Gasteiger partial charge is 0.497 e. The second kappa shape index (κ2) is 7.87. The average Bonchev–Trinajstić information content (AvgIpc) is 3.14. The van der Waals surface area contributed by atoms with Crippen LogP contribution in [0.25, 0.3) is 0 Å². The first kappa shape index (κ1) is 18.3. The molecule has 1 aliphatic heterocycles. The van der Waals surface area contributed by atoms with Gasteiger partial charge in [0.2, 0.25) is 0 Å². The number of ether oxygens (including phenoxy) is 1. The van der Waals surface area contributed by atoms with Crippen molar-refractivity contribution in [2.75, 3.05) is 12.1 Å². The van der Waals surface area contributed by atoms with Gasteiger partial charge in [-0.05, 0) is 59.7 Å². The maximum atomic E-state index is 5.31. The first-order valence-corrected chi connectivity index (χ1v) is 10.2. The summed E-state index contributed by atoms with van der Waals surface area (Å²) in [5.41, 5.74) is 4.53. The Morgan fingerprint density at radius 3 is 2.04 bits per heavy atom. The molecule has 5 heteroatoms. The average molecular weight is 486 g/mol. The summed E-state index contributed by atoms with van der Waals surface area (Å²) in [6, 6.07) is 25.0. The number of hydrogen-bond acceptors (Lipinski definition) is 3. The molecular formula is C22H18Br2N2O. The number of nitrogens with zero attached hydrogens (tertiary/aromatic N) is 2. The van der Waals surface area contributed by atoms with E-state index in [1.54, 1.807) is 7.11 Å².